The number of rotatable bonds is 3. The lowest BCUT2D eigenvalue weighted by atomic mass is 10.3. The zero-order chi connectivity index (χ0) is 10.4. The van der Waals surface area contributed by atoms with E-state index >= 15 is 0 Å². The highest BCUT2D eigenvalue weighted by Gasteiger charge is 2.17. The van der Waals surface area contributed by atoms with Gasteiger partial charge in [-0.25, -0.2) is 4.79 Å². The van der Waals surface area contributed by atoms with Crippen molar-refractivity contribution in [1.29, 1.82) is 0 Å². The molecule has 14 heavy (non-hydrogen) atoms. The molecule has 5 heteroatoms. The molecule has 1 saturated heterocycles. The van der Waals surface area contributed by atoms with E-state index in [1.54, 1.807) is 0 Å². The average Bonchev–Trinajstić information content (AvgIpc) is 2.19. The van der Waals surface area contributed by atoms with Crippen molar-refractivity contribution in [2.24, 2.45) is 0 Å². The number of nitrogens with one attached hydrogen (secondary N) is 2. The molecule has 0 spiro atoms. The molecule has 0 aromatic carbocycles. The molecule has 0 saturated carbocycles. The van der Waals surface area contributed by atoms with Gasteiger partial charge in [-0.15, -0.1) is 0 Å². The minimum atomic E-state index is 0.0633. The number of nitrogens with zero attached hydrogens (tertiary/aromatic N) is 2. The molecular weight excluding hydrogens is 180 g/mol. The maximum Gasteiger partial charge on any atom is 0.317 e. The first-order valence-electron chi connectivity index (χ1n) is 5.10. The van der Waals surface area contributed by atoms with Crippen LogP contribution in [0.5, 0.6) is 0 Å². The van der Waals surface area contributed by atoms with Crippen LogP contribution in [0.4, 0.5) is 4.79 Å². The molecule has 5 nitrogen and oxygen atoms in total. The van der Waals surface area contributed by atoms with Crippen molar-refractivity contribution < 1.29 is 4.79 Å². The van der Waals surface area contributed by atoms with Gasteiger partial charge in [0.25, 0.3) is 0 Å². The van der Waals surface area contributed by atoms with E-state index in [1.165, 1.54) is 0 Å². The molecule has 1 heterocycles. The van der Waals surface area contributed by atoms with E-state index in [0.29, 0.717) is 6.54 Å². The van der Waals surface area contributed by atoms with Gasteiger partial charge in [0.05, 0.1) is 0 Å². The standard InChI is InChI=1S/C9H20N4O/c1-10-3-4-11-9(14)13-7-5-12(2)6-8-13/h10H,3-8H2,1-2H3,(H,11,14). The summed E-state index contributed by atoms with van der Waals surface area (Å²) in [6, 6.07) is 0.0633. The zero-order valence-corrected chi connectivity index (χ0v) is 9.05. The van der Waals surface area contributed by atoms with Crippen molar-refractivity contribution in [2.75, 3.05) is 53.4 Å². The Bertz CT molecular complexity index is 178. The molecule has 1 fully saturated rings. The molecule has 0 bridgehead atoms. The summed E-state index contributed by atoms with van der Waals surface area (Å²) >= 11 is 0. The second-order valence-corrected chi connectivity index (χ2v) is 3.63. The predicted molar refractivity (Wildman–Crippen MR) is 56.4 cm³/mol. The van der Waals surface area contributed by atoms with Crippen LogP contribution < -0.4 is 10.6 Å². The fourth-order valence-corrected chi connectivity index (χ4v) is 1.42. The van der Waals surface area contributed by atoms with Crippen LogP contribution in [-0.2, 0) is 0 Å². The Hall–Kier alpha value is -0.810. The third-order valence-corrected chi connectivity index (χ3v) is 2.44. The minimum absolute atomic E-state index is 0.0633. The topological polar surface area (TPSA) is 47.6 Å². The van der Waals surface area contributed by atoms with E-state index in [1.807, 2.05) is 11.9 Å². The Balaban J connectivity index is 2.17. The summed E-state index contributed by atoms with van der Waals surface area (Å²) in [5.74, 6) is 0. The molecule has 2 amide bonds. The van der Waals surface area contributed by atoms with Gasteiger partial charge >= 0.3 is 6.03 Å². The van der Waals surface area contributed by atoms with Gasteiger partial charge in [-0.05, 0) is 14.1 Å². The van der Waals surface area contributed by atoms with Crippen molar-refractivity contribution in [1.82, 2.24) is 20.4 Å². The summed E-state index contributed by atoms with van der Waals surface area (Å²) in [6.45, 7) is 5.13. The van der Waals surface area contributed by atoms with Crippen LogP contribution in [0.3, 0.4) is 0 Å². The van der Waals surface area contributed by atoms with Crippen LogP contribution in [0.25, 0.3) is 0 Å². The van der Waals surface area contributed by atoms with Crippen LogP contribution in [0, 0.1) is 0 Å². The number of hydrogen-bond donors (Lipinski definition) is 2. The summed E-state index contributed by atoms with van der Waals surface area (Å²) < 4.78 is 0. The number of hydrogen-bond acceptors (Lipinski definition) is 3. The first-order valence-corrected chi connectivity index (χ1v) is 5.10. The second kappa shape index (κ2) is 5.82. The van der Waals surface area contributed by atoms with Gasteiger partial charge in [0, 0.05) is 39.3 Å². The predicted octanol–water partition coefficient (Wildman–Crippen LogP) is -0.837. The maximum absolute atomic E-state index is 11.5. The fraction of sp³-hybridized carbons (Fsp3) is 0.889. The number of likely N-dealkylation sites (N-methyl/N-ethyl adjacent to an activating group) is 2. The molecule has 2 N–H and O–H groups in total. The molecule has 82 valence electrons. The maximum atomic E-state index is 11.5. The highest BCUT2D eigenvalue weighted by Crippen LogP contribution is 1.98. The van der Waals surface area contributed by atoms with Gasteiger partial charge in [0.1, 0.15) is 0 Å². The first-order chi connectivity index (χ1) is 6.74. The van der Waals surface area contributed by atoms with Gasteiger partial charge in [-0.1, -0.05) is 0 Å². The van der Waals surface area contributed by atoms with E-state index in [4.69, 9.17) is 0 Å². The molecular formula is C9H20N4O. The molecule has 0 aromatic rings. The van der Waals surface area contributed by atoms with Crippen molar-refractivity contribution in [3.63, 3.8) is 0 Å². The van der Waals surface area contributed by atoms with E-state index in [2.05, 4.69) is 22.6 Å². The van der Waals surface area contributed by atoms with Crippen LogP contribution in [0.1, 0.15) is 0 Å². The highest BCUT2D eigenvalue weighted by atomic mass is 16.2. The smallest absolute Gasteiger partial charge is 0.317 e. The lowest BCUT2D eigenvalue weighted by Gasteiger charge is -2.32. The molecule has 0 atom stereocenters. The molecule has 1 aliphatic heterocycles. The highest BCUT2D eigenvalue weighted by molar-refractivity contribution is 5.74. The minimum Gasteiger partial charge on any atom is -0.337 e. The van der Waals surface area contributed by atoms with E-state index in [-0.39, 0.29) is 6.03 Å². The van der Waals surface area contributed by atoms with Crippen molar-refractivity contribution in [2.45, 2.75) is 0 Å². The lowest BCUT2D eigenvalue weighted by Crippen LogP contribution is -2.51. The number of amides is 2. The summed E-state index contributed by atoms with van der Waals surface area (Å²) in [5.41, 5.74) is 0. The summed E-state index contributed by atoms with van der Waals surface area (Å²) in [7, 11) is 3.96. The van der Waals surface area contributed by atoms with E-state index in [9.17, 15) is 4.79 Å². The second-order valence-electron chi connectivity index (χ2n) is 3.63. The Morgan fingerprint density at radius 1 is 1.21 bits per heavy atom. The number of urea groups is 1. The number of carbonyl (C=O) groups excluding carboxylic acids is 1. The van der Waals surface area contributed by atoms with Gasteiger partial charge in [0.15, 0.2) is 0 Å². The van der Waals surface area contributed by atoms with Crippen molar-refractivity contribution in [3.05, 3.63) is 0 Å². The molecule has 0 unspecified atom stereocenters. The third kappa shape index (κ3) is 3.51. The first kappa shape index (κ1) is 11.3. The monoisotopic (exact) mass is 200 g/mol. The fourth-order valence-electron chi connectivity index (χ4n) is 1.42. The van der Waals surface area contributed by atoms with Gasteiger partial charge in [-0.2, -0.15) is 0 Å². The molecule has 0 radical (unpaired) electrons. The van der Waals surface area contributed by atoms with Gasteiger partial charge < -0.3 is 20.4 Å². The Morgan fingerprint density at radius 2 is 1.86 bits per heavy atom. The number of piperazine rings is 1. The largest absolute Gasteiger partial charge is 0.337 e. The summed E-state index contributed by atoms with van der Waals surface area (Å²) in [6.07, 6.45) is 0. The zero-order valence-electron chi connectivity index (χ0n) is 9.05. The van der Waals surface area contributed by atoms with Crippen molar-refractivity contribution >= 4 is 6.03 Å². The Morgan fingerprint density at radius 3 is 2.43 bits per heavy atom. The molecule has 1 rings (SSSR count). The van der Waals surface area contributed by atoms with E-state index < -0.39 is 0 Å². The van der Waals surface area contributed by atoms with Crippen LogP contribution in [-0.4, -0.2) is 69.2 Å². The normalized spacial score (nSPS) is 18.3. The summed E-state index contributed by atoms with van der Waals surface area (Å²) in [4.78, 5) is 15.7. The lowest BCUT2D eigenvalue weighted by molar-refractivity contribution is 0.154. The van der Waals surface area contributed by atoms with Crippen LogP contribution in [0.15, 0.2) is 0 Å². The average molecular weight is 200 g/mol. The molecule has 1 aliphatic rings. The van der Waals surface area contributed by atoms with Gasteiger partial charge in [0.2, 0.25) is 0 Å². The van der Waals surface area contributed by atoms with Gasteiger partial charge in [-0.3, -0.25) is 0 Å². The SMILES string of the molecule is CNCCNC(=O)N1CCN(C)CC1. The van der Waals surface area contributed by atoms with E-state index in [0.717, 1.165) is 32.7 Å². The molecule has 0 aliphatic carbocycles. The quantitative estimate of drug-likeness (QED) is 0.584. The van der Waals surface area contributed by atoms with Crippen molar-refractivity contribution in [3.8, 4) is 0 Å². The Labute approximate surface area is 85.4 Å². The van der Waals surface area contributed by atoms with Crippen LogP contribution >= 0.6 is 0 Å². The Kier molecular flexibility index (Phi) is 4.69. The third-order valence-electron chi connectivity index (χ3n) is 2.44. The summed E-state index contributed by atoms with van der Waals surface area (Å²) in [5, 5.41) is 5.87. The number of carbonyl (C=O) groups is 1. The molecule has 0 aromatic heterocycles. The van der Waals surface area contributed by atoms with Crippen LogP contribution in [0.2, 0.25) is 0 Å².